The molecule has 30 heavy (non-hydrogen) atoms. The number of carbonyl (C=O) groups is 1. The van der Waals surface area contributed by atoms with E-state index in [1.165, 1.54) is 16.0 Å². The summed E-state index contributed by atoms with van der Waals surface area (Å²) in [4.78, 5) is 16.7. The van der Waals surface area contributed by atoms with Gasteiger partial charge in [-0.25, -0.2) is 0 Å². The zero-order valence-corrected chi connectivity index (χ0v) is 17.3. The summed E-state index contributed by atoms with van der Waals surface area (Å²) >= 11 is 0. The van der Waals surface area contributed by atoms with Gasteiger partial charge in [0, 0.05) is 12.0 Å². The molecule has 0 atom stereocenters. The van der Waals surface area contributed by atoms with Gasteiger partial charge in [-0.2, -0.15) is 0 Å². The highest BCUT2D eigenvalue weighted by atomic mass is 16.5. The van der Waals surface area contributed by atoms with E-state index >= 15 is 0 Å². The lowest BCUT2D eigenvalue weighted by molar-refractivity contribution is -0.917. The van der Waals surface area contributed by atoms with Crippen molar-refractivity contribution in [1.82, 2.24) is 4.90 Å². The Balaban J connectivity index is 1.26. The fourth-order valence-electron chi connectivity index (χ4n) is 4.57. The summed E-state index contributed by atoms with van der Waals surface area (Å²) in [6.45, 7) is 5.22. The van der Waals surface area contributed by atoms with E-state index in [1.807, 2.05) is 41.3 Å². The molecule has 0 saturated carbocycles. The van der Waals surface area contributed by atoms with Crippen molar-refractivity contribution in [2.75, 3.05) is 39.9 Å². The Morgan fingerprint density at radius 2 is 1.83 bits per heavy atom. The number of carbonyl (C=O) groups excluding carboxylic acids is 1. The Bertz CT molecular complexity index is 1090. The molecule has 0 radical (unpaired) electrons. The second-order valence-electron chi connectivity index (χ2n) is 8.16. The predicted molar refractivity (Wildman–Crippen MR) is 116 cm³/mol. The van der Waals surface area contributed by atoms with Crippen LogP contribution in [0.4, 0.5) is 0 Å². The van der Waals surface area contributed by atoms with Gasteiger partial charge >= 0.3 is 0 Å². The number of nitrogens with one attached hydrogen (secondary N) is 1. The van der Waals surface area contributed by atoms with Gasteiger partial charge < -0.3 is 19.3 Å². The van der Waals surface area contributed by atoms with E-state index in [0.29, 0.717) is 11.3 Å². The summed E-state index contributed by atoms with van der Waals surface area (Å²) in [7, 11) is 1.63. The number of methoxy groups -OCH3 is 1. The van der Waals surface area contributed by atoms with Crippen molar-refractivity contribution >= 4 is 16.7 Å². The SMILES string of the molecule is COc1cc2ccccc2cc1C(=O)N1CC[NH+](Cc2ccc3c(c2)CCO3)CC1. The maximum atomic E-state index is 13.2. The molecule has 2 aliphatic heterocycles. The Hall–Kier alpha value is -3.05. The summed E-state index contributed by atoms with van der Waals surface area (Å²) in [5.74, 6) is 1.74. The molecule has 5 rings (SSSR count). The lowest BCUT2D eigenvalue weighted by Crippen LogP contribution is -3.13. The van der Waals surface area contributed by atoms with Gasteiger partial charge in [0.25, 0.3) is 5.91 Å². The van der Waals surface area contributed by atoms with Crippen LogP contribution in [0.3, 0.4) is 0 Å². The maximum absolute atomic E-state index is 13.2. The number of amides is 1. The van der Waals surface area contributed by atoms with E-state index in [2.05, 4.69) is 18.2 Å². The lowest BCUT2D eigenvalue weighted by atomic mass is 10.0. The van der Waals surface area contributed by atoms with E-state index < -0.39 is 0 Å². The molecule has 2 aliphatic rings. The first-order valence-corrected chi connectivity index (χ1v) is 10.7. The van der Waals surface area contributed by atoms with Crippen molar-refractivity contribution in [3.8, 4) is 11.5 Å². The largest absolute Gasteiger partial charge is 0.496 e. The summed E-state index contributed by atoms with van der Waals surface area (Å²) in [6.07, 6.45) is 1.01. The standard InChI is InChI=1S/C25H26N2O3/c1-29-24-16-20-5-3-2-4-19(20)15-22(24)25(28)27-11-9-26(10-12-27)17-18-6-7-23-21(14-18)8-13-30-23/h2-7,14-16H,8-13,17H2,1H3/p+1. The third-order valence-corrected chi connectivity index (χ3v) is 6.26. The molecule has 0 bridgehead atoms. The highest BCUT2D eigenvalue weighted by Gasteiger charge is 2.27. The number of fused-ring (bicyclic) bond motifs is 2. The van der Waals surface area contributed by atoms with Crippen LogP contribution in [0, 0.1) is 0 Å². The molecule has 0 aliphatic carbocycles. The van der Waals surface area contributed by atoms with Crippen molar-refractivity contribution < 1.29 is 19.2 Å². The first-order valence-electron chi connectivity index (χ1n) is 10.7. The van der Waals surface area contributed by atoms with Crippen molar-refractivity contribution in [3.63, 3.8) is 0 Å². The Morgan fingerprint density at radius 1 is 1.07 bits per heavy atom. The molecule has 2 heterocycles. The third-order valence-electron chi connectivity index (χ3n) is 6.26. The van der Waals surface area contributed by atoms with Gasteiger partial charge in [-0.15, -0.1) is 0 Å². The van der Waals surface area contributed by atoms with Crippen LogP contribution in [0.25, 0.3) is 10.8 Å². The molecule has 0 aromatic heterocycles. The Morgan fingerprint density at radius 3 is 2.60 bits per heavy atom. The number of quaternary nitrogens is 1. The number of rotatable bonds is 4. The molecule has 1 saturated heterocycles. The Kier molecular flexibility index (Phi) is 5.05. The molecule has 0 unspecified atom stereocenters. The molecular formula is C25H27N2O3+. The predicted octanol–water partition coefficient (Wildman–Crippen LogP) is 2.32. The van der Waals surface area contributed by atoms with Crippen LogP contribution in [-0.4, -0.2) is 50.7 Å². The van der Waals surface area contributed by atoms with Crippen molar-refractivity contribution in [1.29, 1.82) is 0 Å². The second kappa shape index (κ2) is 8.00. The van der Waals surface area contributed by atoms with Crippen molar-refractivity contribution in [2.45, 2.75) is 13.0 Å². The van der Waals surface area contributed by atoms with Gasteiger partial charge in [0.1, 0.15) is 18.0 Å². The van der Waals surface area contributed by atoms with E-state index in [0.717, 1.165) is 62.3 Å². The van der Waals surface area contributed by atoms with Crippen LogP contribution in [0.1, 0.15) is 21.5 Å². The highest BCUT2D eigenvalue weighted by Crippen LogP contribution is 2.27. The average molecular weight is 404 g/mol. The van der Waals surface area contributed by atoms with E-state index in [1.54, 1.807) is 7.11 Å². The van der Waals surface area contributed by atoms with Gasteiger partial charge in [0.15, 0.2) is 0 Å². The number of nitrogens with zero attached hydrogens (tertiary/aromatic N) is 1. The van der Waals surface area contributed by atoms with Crippen LogP contribution in [0.5, 0.6) is 11.5 Å². The topological polar surface area (TPSA) is 43.2 Å². The van der Waals surface area contributed by atoms with Gasteiger partial charge in [-0.1, -0.05) is 24.3 Å². The first-order chi connectivity index (χ1) is 14.7. The fraction of sp³-hybridized carbons (Fsp3) is 0.320. The molecule has 1 amide bonds. The van der Waals surface area contributed by atoms with Crippen LogP contribution < -0.4 is 14.4 Å². The van der Waals surface area contributed by atoms with Crippen molar-refractivity contribution in [2.24, 2.45) is 0 Å². The zero-order valence-electron chi connectivity index (χ0n) is 17.3. The maximum Gasteiger partial charge on any atom is 0.258 e. The summed E-state index contributed by atoms with van der Waals surface area (Å²) in [5.41, 5.74) is 3.33. The minimum absolute atomic E-state index is 0.0614. The number of hydrogen-bond donors (Lipinski definition) is 1. The van der Waals surface area contributed by atoms with Gasteiger partial charge in [-0.05, 0) is 46.7 Å². The van der Waals surface area contributed by atoms with Crippen LogP contribution in [0.15, 0.2) is 54.6 Å². The Labute approximate surface area is 176 Å². The van der Waals surface area contributed by atoms with Crippen LogP contribution >= 0.6 is 0 Å². The normalized spacial score (nSPS) is 16.4. The van der Waals surface area contributed by atoms with E-state index in [4.69, 9.17) is 9.47 Å². The minimum atomic E-state index is 0.0614. The summed E-state index contributed by atoms with van der Waals surface area (Å²) < 4.78 is 11.1. The number of piperazine rings is 1. The molecule has 3 aromatic rings. The fourth-order valence-corrected chi connectivity index (χ4v) is 4.57. The molecule has 1 fully saturated rings. The average Bonchev–Trinajstić information content (AvgIpc) is 3.26. The number of ether oxygens (including phenoxy) is 2. The number of benzene rings is 3. The van der Waals surface area contributed by atoms with E-state index in [9.17, 15) is 4.79 Å². The highest BCUT2D eigenvalue weighted by molar-refractivity contribution is 6.01. The zero-order chi connectivity index (χ0) is 20.5. The molecule has 0 spiro atoms. The van der Waals surface area contributed by atoms with Crippen molar-refractivity contribution in [3.05, 3.63) is 71.3 Å². The first kappa shape index (κ1) is 18.9. The van der Waals surface area contributed by atoms with E-state index in [-0.39, 0.29) is 5.91 Å². The van der Waals surface area contributed by atoms with Gasteiger partial charge in [0.05, 0.1) is 45.5 Å². The number of hydrogen-bond acceptors (Lipinski definition) is 3. The minimum Gasteiger partial charge on any atom is -0.496 e. The molecule has 154 valence electrons. The smallest absolute Gasteiger partial charge is 0.258 e. The lowest BCUT2D eigenvalue weighted by Gasteiger charge is -2.32. The monoisotopic (exact) mass is 403 g/mol. The molecule has 3 aromatic carbocycles. The molecule has 1 N–H and O–H groups in total. The second-order valence-corrected chi connectivity index (χ2v) is 8.16. The quantitative estimate of drug-likeness (QED) is 0.727. The van der Waals surface area contributed by atoms with Gasteiger partial charge in [0.2, 0.25) is 0 Å². The molecule has 5 heteroatoms. The summed E-state index contributed by atoms with van der Waals surface area (Å²) in [6, 6.07) is 18.6. The molecular weight excluding hydrogens is 376 g/mol. The van der Waals surface area contributed by atoms with Crippen LogP contribution in [0.2, 0.25) is 0 Å². The van der Waals surface area contributed by atoms with Gasteiger partial charge in [-0.3, -0.25) is 4.79 Å². The summed E-state index contributed by atoms with van der Waals surface area (Å²) in [5, 5.41) is 2.14. The third kappa shape index (κ3) is 3.61. The molecule has 5 nitrogen and oxygen atoms in total. The van der Waals surface area contributed by atoms with Crippen LogP contribution in [-0.2, 0) is 13.0 Å².